The second-order valence-electron chi connectivity index (χ2n) is 4.86. The zero-order valence-electron chi connectivity index (χ0n) is 10.7. The van der Waals surface area contributed by atoms with E-state index in [1.54, 1.807) is 18.2 Å². The molecular formula is C15H9N3O3. The maximum atomic E-state index is 12.1. The molecule has 2 heterocycles. The second kappa shape index (κ2) is 3.92. The van der Waals surface area contributed by atoms with E-state index in [4.69, 9.17) is 0 Å². The quantitative estimate of drug-likeness (QED) is 0.414. The van der Waals surface area contributed by atoms with E-state index in [9.17, 15) is 14.9 Å². The smallest absolute Gasteiger partial charge is 0.270 e. The highest BCUT2D eigenvalue weighted by Crippen LogP contribution is 2.31. The first-order chi connectivity index (χ1) is 10.1. The Labute approximate surface area is 117 Å². The summed E-state index contributed by atoms with van der Waals surface area (Å²) in [7, 11) is 0. The van der Waals surface area contributed by atoms with Crippen molar-refractivity contribution < 1.29 is 4.92 Å². The number of non-ortho nitro benzene ring substituents is 1. The third kappa shape index (κ3) is 1.56. The normalized spacial score (nSPS) is 11.4. The van der Waals surface area contributed by atoms with Crippen LogP contribution in [0.3, 0.4) is 0 Å². The van der Waals surface area contributed by atoms with Gasteiger partial charge in [0.05, 0.1) is 4.92 Å². The number of H-pyrrole nitrogens is 2. The maximum Gasteiger partial charge on any atom is 0.270 e. The first-order valence-corrected chi connectivity index (χ1v) is 6.36. The Kier molecular flexibility index (Phi) is 2.18. The molecule has 0 aliphatic heterocycles. The average Bonchev–Trinajstić information content (AvgIpc) is 2.84. The molecule has 0 saturated carbocycles. The van der Waals surface area contributed by atoms with Gasteiger partial charge in [-0.3, -0.25) is 14.9 Å². The number of aromatic amines is 2. The lowest BCUT2D eigenvalue weighted by molar-refractivity contribution is -0.384. The summed E-state index contributed by atoms with van der Waals surface area (Å²) in [5.41, 5.74) is 1.18. The molecule has 0 spiro atoms. The predicted octanol–water partition coefficient (Wildman–Crippen LogP) is 3.07. The molecular weight excluding hydrogens is 270 g/mol. The predicted molar refractivity (Wildman–Crippen MR) is 80.6 cm³/mol. The minimum Gasteiger partial charge on any atom is -0.341 e. The van der Waals surface area contributed by atoms with E-state index >= 15 is 0 Å². The molecule has 0 aliphatic carbocycles. The van der Waals surface area contributed by atoms with Crippen LogP contribution in [0.25, 0.3) is 32.7 Å². The van der Waals surface area contributed by atoms with Crippen LogP contribution in [-0.4, -0.2) is 14.9 Å². The van der Waals surface area contributed by atoms with Crippen LogP contribution in [0.15, 0.2) is 47.3 Å². The Balaban J connectivity index is 2.29. The largest absolute Gasteiger partial charge is 0.341 e. The number of pyridine rings is 1. The Morgan fingerprint density at radius 1 is 0.952 bits per heavy atom. The standard InChI is InChI=1S/C15H9N3O3/c19-15-10-4-2-1-3-9(10)13-11-7-8(18(20)21)5-6-12(11)16-14(13)17-15/h1-7H,(H2,16,17,19). The highest BCUT2D eigenvalue weighted by atomic mass is 16.6. The minimum absolute atomic E-state index is 0.0266. The van der Waals surface area contributed by atoms with Crippen molar-refractivity contribution >= 4 is 38.4 Å². The molecule has 0 radical (unpaired) electrons. The molecule has 6 nitrogen and oxygen atoms in total. The van der Waals surface area contributed by atoms with Crippen molar-refractivity contribution in [3.05, 3.63) is 62.9 Å². The number of nitrogens with one attached hydrogen (secondary N) is 2. The number of benzene rings is 2. The molecule has 0 amide bonds. The van der Waals surface area contributed by atoms with Crippen molar-refractivity contribution in [2.24, 2.45) is 0 Å². The van der Waals surface area contributed by atoms with Gasteiger partial charge in [0, 0.05) is 33.8 Å². The number of nitro benzene ring substituents is 1. The van der Waals surface area contributed by atoms with Crippen LogP contribution in [0.2, 0.25) is 0 Å². The van der Waals surface area contributed by atoms with Crippen molar-refractivity contribution in [2.45, 2.75) is 0 Å². The Bertz CT molecular complexity index is 1090. The SMILES string of the molecule is O=c1[nH]c2[nH]c3ccc([N+](=O)[O-])cc3c2c2ccccc12. The minimum atomic E-state index is -0.424. The Hall–Kier alpha value is -3.15. The first-order valence-electron chi connectivity index (χ1n) is 6.36. The zero-order valence-corrected chi connectivity index (χ0v) is 10.7. The lowest BCUT2D eigenvalue weighted by atomic mass is 10.1. The fourth-order valence-electron chi connectivity index (χ4n) is 2.75. The molecule has 6 heteroatoms. The molecule has 4 rings (SSSR count). The highest BCUT2D eigenvalue weighted by molar-refractivity contribution is 6.19. The van der Waals surface area contributed by atoms with E-state index in [1.807, 2.05) is 12.1 Å². The molecule has 0 saturated heterocycles. The highest BCUT2D eigenvalue weighted by Gasteiger charge is 2.14. The van der Waals surface area contributed by atoms with E-state index in [1.165, 1.54) is 12.1 Å². The van der Waals surface area contributed by atoms with E-state index in [0.29, 0.717) is 11.0 Å². The van der Waals surface area contributed by atoms with Crippen LogP contribution in [0.5, 0.6) is 0 Å². The molecule has 2 aromatic heterocycles. The van der Waals surface area contributed by atoms with Gasteiger partial charge in [0.1, 0.15) is 5.65 Å². The molecule has 4 aromatic rings. The van der Waals surface area contributed by atoms with Gasteiger partial charge in [-0.05, 0) is 17.5 Å². The van der Waals surface area contributed by atoms with Gasteiger partial charge in [0.25, 0.3) is 11.2 Å². The summed E-state index contributed by atoms with van der Waals surface area (Å²) in [6.07, 6.45) is 0. The van der Waals surface area contributed by atoms with Crippen LogP contribution in [0.4, 0.5) is 5.69 Å². The van der Waals surface area contributed by atoms with Gasteiger partial charge in [-0.25, -0.2) is 0 Å². The molecule has 0 unspecified atom stereocenters. The lowest BCUT2D eigenvalue weighted by Gasteiger charge is -1.99. The molecule has 0 fully saturated rings. The summed E-state index contributed by atoms with van der Waals surface area (Å²) in [5.74, 6) is 0. The third-order valence-corrected chi connectivity index (χ3v) is 3.67. The fraction of sp³-hybridized carbons (Fsp3) is 0. The van der Waals surface area contributed by atoms with Crippen molar-refractivity contribution in [1.82, 2.24) is 9.97 Å². The summed E-state index contributed by atoms with van der Waals surface area (Å²) >= 11 is 0. The van der Waals surface area contributed by atoms with Crippen LogP contribution in [0, 0.1) is 10.1 Å². The first kappa shape index (κ1) is 11.7. The fourth-order valence-corrected chi connectivity index (χ4v) is 2.75. The van der Waals surface area contributed by atoms with Gasteiger partial charge >= 0.3 is 0 Å². The molecule has 21 heavy (non-hydrogen) atoms. The van der Waals surface area contributed by atoms with Crippen LogP contribution in [0.1, 0.15) is 0 Å². The average molecular weight is 279 g/mol. The lowest BCUT2D eigenvalue weighted by Crippen LogP contribution is -2.05. The van der Waals surface area contributed by atoms with Crippen molar-refractivity contribution in [1.29, 1.82) is 0 Å². The van der Waals surface area contributed by atoms with Crippen molar-refractivity contribution in [3.63, 3.8) is 0 Å². The van der Waals surface area contributed by atoms with Gasteiger partial charge in [-0.2, -0.15) is 0 Å². The Morgan fingerprint density at radius 3 is 2.48 bits per heavy atom. The maximum absolute atomic E-state index is 12.1. The van der Waals surface area contributed by atoms with E-state index in [2.05, 4.69) is 9.97 Å². The number of fused-ring (bicyclic) bond motifs is 5. The Morgan fingerprint density at radius 2 is 1.71 bits per heavy atom. The van der Waals surface area contributed by atoms with Crippen molar-refractivity contribution in [2.75, 3.05) is 0 Å². The number of rotatable bonds is 1. The van der Waals surface area contributed by atoms with Crippen LogP contribution in [-0.2, 0) is 0 Å². The molecule has 0 bridgehead atoms. The summed E-state index contributed by atoms with van der Waals surface area (Å²) in [6, 6.07) is 11.8. The summed E-state index contributed by atoms with van der Waals surface area (Å²) < 4.78 is 0. The topological polar surface area (TPSA) is 91.8 Å². The van der Waals surface area contributed by atoms with E-state index in [0.717, 1.165) is 21.7 Å². The van der Waals surface area contributed by atoms with Gasteiger partial charge in [-0.1, -0.05) is 18.2 Å². The molecule has 102 valence electrons. The van der Waals surface area contributed by atoms with E-state index in [-0.39, 0.29) is 11.2 Å². The number of nitro groups is 1. The monoisotopic (exact) mass is 279 g/mol. The molecule has 0 aliphatic rings. The summed E-state index contributed by atoms with van der Waals surface area (Å²) in [4.78, 5) is 28.5. The molecule has 2 N–H and O–H groups in total. The van der Waals surface area contributed by atoms with E-state index < -0.39 is 4.92 Å². The number of hydrogen-bond acceptors (Lipinski definition) is 3. The number of aromatic nitrogens is 2. The number of nitrogens with zero attached hydrogens (tertiary/aromatic N) is 1. The molecule has 0 atom stereocenters. The molecule has 2 aromatic carbocycles. The van der Waals surface area contributed by atoms with Gasteiger partial charge in [-0.15, -0.1) is 0 Å². The number of hydrogen-bond donors (Lipinski definition) is 2. The summed E-state index contributed by atoms with van der Waals surface area (Å²) in [6.45, 7) is 0. The third-order valence-electron chi connectivity index (χ3n) is 3.67. The second-order valence-corrected chi connectivity index (χ2v) is 4.86. The van der Waals surface area contributed by atoms with Crippen LogP contribution < -0.4 is 5.56 Å². The van der Waals surface area contributed by atoms with Gasteiger partial charge in [0.15, 0.2) is 0 Å². The van der Waals surface area contributed by atoms with Crippen LogP contribution >= 0.6 is 0 Å². The summed E-state index contributed by atoms with van der Waals surface area (Å²) in [5, 5.41) is 13.8. The van der Waals surface area contributed by atoms with Crippen molar-refractivity contribution in [3.8, 4) is 0 Å². The zero-order chi connectivity index (χ0) is 14.6. The van der Waals surface area contributed by atoms with Gasteiger partial charge in [0.2, 0.25) is 0 Å². The van der Waals surface area contributed by atoms with Gasteiger partial charge < -0.3 is 9.97 Å².